The van der Waals surface area contributed by atoms with Gasteiger partial charge in [0.2, 0.25) is 0 Å². The fraction of sp³-hybridized carbons (Fsp3) is 1.00. The summed E-state index contributed by atoms with van der Waals surface area (Å²) in [4.78, 5) is 0. The first-order valence-electron chi connectivity index (χ1n) is 4.01. The van der Waals surface area contributed by atoms with E-state index >= 15 is 0 Å². The first kappa shape index (κ1) is 10.8. The van der Waals surface area contributed by atoms with Crippen molar-refractivity contribution in [2.24, 2.45) is 0 Å². The average molecular weight is 194 g/mol. The monoisotopic (exact) mass is 194 g/mol. The molecule has 0 aliphatic carbocycles. The summed E-state index contributed by atoms with van der Waals surface area (Å²) in [7, 11) is 0. The van der Waals surface area contributed by atoms with Gasteiger partial charge in [0.1, 0.15) is 31.2 Å². The molecule has 0 aromatic heterocycles. The molecule has 4 N–H and O–H groups in total. The summed E-state index contributed by atoms with van der Waals surface area (Å²) in [6.07, 6.45) is -3.95. The highest BCUT2D eigenvalue weighted by atomic mass is 16.7. The number of hydrogen-bond acceptors (Lipinski definition) is 6. The molecule has 6 heteroatoms. The van der Waals surface area contributed by atoms with Gasteiger partial charge in [-0.15, -0.1) is 0 Å². The van der Waals surface area contributed by atoms with Gasteiger partial charge in [0.15, 0.2) is 0 Å². The minimum Gasteiger partial charge on any atom is -0.394 e. The van der Waals surface area contributed by atoms with E-state index < -0.39 is 31.0 Å². The van der Waals surface area contributed by atoms with Crippen LogP contribution in [-0.2, 0) is 9.47 Å². The van der Waals surface area contributed by atoms with Crippen molar-refractivity contribution in [3.63, 3.8) is 0 Å². The van der Waals surface area contributed by atoms with Crippen LogP contribution in [0.5, 0.6) is 0 Å². The molecular weight excluding hydrogens is 180 g/mol. The van der Waals surface area contributed by atoms with Gasteiger partial charge in [-0.3, -0.25) is 0 Å². The van der Waals surface area contributed by atoms with Crippen molar-refractivity contribution in [1.82, 2.24) is 0 Å². The Balaban J connectivity index is 2.54. The van der Waals surface area contributed by atoms with Gasteiger partial charge in [0.25, 0.3) is 0 Å². The second kappa shape index (κ2) is 4.85. The van der Waals surface area contributed by atoms with Crippen LogP contribution in [-0.4, -0.2) is 64.8 Å². The average Bonchev–Trinajstić information content (AvgIpc) is 2.17. The Kier molecular flexibility index (Phi) is 4.04. The molecular formula is C7H14O6. The maximum atomic E-state index is 9.45. The van der Waals surface area contributed by atoms with Crippen molar-refractivity contribution >= 4 is 0 Å². The third-order valence-corrected chi connectivity index (χ3v) is 2.01. The van der Waals surface area contributed by atoms with E-state index in [0.717, 1.165) is 0 Å². The molecule has 0 amide bonds. The zero-order chi connectivity index (χ0) is 9.84. The smallest absolute Gasteiger partial charge is 0.147 e. The van der Waals surface area contributed by atoms with E-state index in [2.05, 4.69) is 0 Å². The second-order valence-electron chi connectivity index (χ2n) is 2.88. The molecule has 1 fully saturated rings. The summed E-state index contributed by atoms with van der Waals surface area (Å²) in [6.45, 7) is -0.955. The van der Waals surface area contributed by atoms with Crippen LogP contribution in [0.2, 0.25) is 0 Å². The van der Waals surface area contributed by atoms with Crippen molar-refractivity contribution in [3.8, 4) is 0 Å². The fourth-order valence-corrected chi connectivity index (χ4v) is 1.22. The minimum absolute atomic E-state index is 0.107. The van der Waals surface area contributed by atoms with E-state index in [1.54, 1.807) is 0 Å². The Labute approximate surface area is 75.3 Å². The molecule has 1 aliphatic heterocycles. The molecule has 1 saturated heterocycles. The van der Waals surface area contributed by atoms with E-state index in [1.165, 1.54) is 0 Å². The van der Waals surface area contributed by atoms with Crippen LogP contribution in [0.1, 0.15) is 0 Å². The van der Waals surface area contributed by atoms with Crippen molar-refractivity contribution in [2.75, 3.05) is 20.0 Å². The van der Waals surface area contributed by atoms with Crippen LogP contribution >= 0.6 is 0 Å². The van der Waals surface area contributed by atoms with Crippen LogP contribution in [0.3, 0.4) is 0 Å². The zero-order valence-electron chi connectivity index (χ0n) is 7.04. The minimum atomic E-state index is -1.16. The molecule has 78 valence electrons. The number of rotatable bonds is 3. The van der Waals surface area contributed by atoms with Gasteiger partial charge in [0.05, 0.1) is 13.2 Å². The Morgan fingerprint density at radius 2 is 2.00 bits per heavy atom. The summed E-state index contributed by atoms with van der Waals surface area (Å²) >= 11 is 0. The van der Waals surface area contributed by atoms with Gasteiger partial charge in [0, 0.05) is 0 Å². The third kappa shape index (κ3) is 2.37. The summed E-state index contributed by atoms with van der Waals surface area (Å²) in [5.41, 5.74) is 0. The van der Waals surface area contributed by atoms with Crippen molar-refractivity contribution in [3.05, 3.63) is 0 Å². The Morgan fingerprint density at radius 3 is 2.54 bits per heavy atom. The molecule has 0 radical (unpaired) electrons. The molecule has 0 saturated carbocycles. The molecule has 0 unspecified atom stereocenters. The number of ether oxygens (including phenoxy) is 2. The highest BCUT2D eigenvalue weighted by molar-refractivity contribution is 4.84. The van der Waals surface area contributed by atoms with E-state index in [1.807, 2.05) is 0 Å². The second-order valence-corrected chi connectivity index (χ2v) is 2.88. The predicted octanol–water partition coefficient (Wildman–Crippen LogP) is -2.57. The Bertz CT molecular complexity index is 152. The standard InChI is InChI=1S/C7H14O6/c8-1-4(10)7-6(11)5(2-9)12-3-13-7/h4-11H,1-3H2/t4-,5+,6-,7+/m1/s1. The molecule has 0 aromatic rings. The van der Waals surface area contributed by atoms with Gasteiger partial charge in [-0.2, -0.15) is 0 Å². The van der Waals surface area contributed by atoms with Crippen LogP contribution < -0.4 is 0 Å². The van der Waals surface area contributed by atoms with Crippen LogP contribution in [0.4, 0.5) is 0 Å². The van der Waals surface area contributed by atoms with Gasteiger partial charge in [-0.25, -0.2) is 0 Å². The molecule has 6 nitrogen and oxygen atoms in total. The lowest BCUT2D eigenvalue weighted by Crippen LogP contribution is -2.53. The topological polar surface area (TPSA) is 99.4 Å². The summed E-state index contributed by atoms with van der Waals surface area (Å²) < 4.78 is 9.73. The third-order valence-electron chi connectivity index (χ3n) is 2.01. The van der Waals surface area contributed by atoms with E-state index in [4.69, 9.17) is 19.7 Å². The zero-order valence-corrected chi connectivity index (χ0v) is 7.04. The maximum Gasteiger partial charge on any atom is 0.147 e. The fourth-order valence-electron chi connectivity index (χ4n) is 1.22. The SMILES string of the molecule is OC[C@@H](O)[C@@H]1OCO[C@@H](CO)[C@H]1O. The number of aliphatic hydroxyl groups excluding tert-OH is 4. The predicted molar refractivity (Wildman–Crippen MR) is 40.8 cm³/mol. The summed E-state index contributed by atoms with van der Waals surface area (Å²) in [6, 6.07) is 0. The molecule has 1 aliphatic rings. The van der Waals surface area contributed by atoms with Gasteiger partial charge < -0.3 is 29.9 Å². The van der Waals surface area contributed by atoms with Crippen LogP contribution in [0, 0.1) is 0 Å². The van der Waals surface area contributed by atoms with Crippen LogP contribution in [0.25, 0.3) is 0 Å². The first-order chi connectivity index (χ1) is 6.20. The molecule has 13 heavy (non-hydrogen) atoms. The lowest BCUT2D eigenvalue weighted by Gasteiger charge is -2.35. The lowest BCUT2D eigenvalue weighted by atomic mass is 10.0. The van der Waals surface area contributed by atoms with Gasteiger partial charge in [-0.05, 0) is 0 Å². The quantitative estimate of drug-likeness (QED) is 0.394. The largest absolute Gasteiger partial charge is 0.394 e. The number of hydrogen-bond donors (Lipinski definition) is 4. The summed E-state index contributed by atoms with van der Waals surface area (Å²) in [5, 5.41) is 36.0. The van der Waals surface area contributed by atoms with Crippen LogP contribution in [0.15, 0.2) is 0 Å². The molecule has 4 atom stereocenters. The summed E-state index contributed by atoms with van der Waals surface area (Å²) in [5.74, 6) is 0. The van der Waals surface area contributed by atoms with Gasteiger partial charge in [-0.1, -0.05) is 0 Å². The van der Waals surface area contributed by atoms with Crippen molar-refractivity contribution < 1.29 is 29.9 Å². The Morgan fingerprint density at radius 1 is 1.31 bits per heavy atom. The van der Waals surface area contributed by atoms with E-state index in [-0.39, 0.29) is 13.4 Å². The highest BCUT2D eigenvalue weighted by Gasteiger charge is 2.37. The van der Waals surface area contributed by atoms with E-state index in [0.29, 0.717) is 0 Å². The normalized spacial score (nSPS) is 37.4. The van der Waals surface area contributed by atoms with Crippen molar-refractivity contribution in [2.45, 2.75) is 24.4 Å². The number of aliphatic hydroxyl groups is 4. The maximum absolute atomic E-state index is 9.45. The van der Waals surface area contributed by atoms with E-state index in [9.17, 15) is 10.2 Å². The lowest BCUT2D eigenvalue weighted by molar-refractivity contribution is -0.259. The highest BCUT2D eigenvalue weighted by Crippen LogP contribution is 2.16. The molecule has 0 spiro atoms. The van der Waals surface area contributed by atoms with Crippen molar-refractivity contribution in [1.29, 1.82) is 0 Å². The van der Waals surface area contributed by atoms with Gasteiger partial charge >= 0.3 is 0 Å². The first-order valence-corrected chi connectivity index (χ1v) is 4.01. The molecule has 1 rings (SSSR count). The molecule has 0 bridgehead atoms. The Hall–Kier alpha value is -0.240. The molecule has 1 heterocycles. The molecule has 0 aromatic carbocycles.